The first-order valence-electron chi connectivity index (χ1n) is 5.88. The fraction of sp³-hybridized carbons (Fsp3) is 0.727. The van der Waals surface area contributed by atoms with Crippen molar-refractivity contribution >= 4 is 17.9 Å². The quantitative estimate of drug-likeness (QED) is 0.551. The van der Waals surface area contributed by atoms with Crippen LogP contribution in [0.5, 0.6) is 0 Å². The van der Waals surface area contributed by atoms with Crippen LogP contribution in [0.2, 0.25) is 0 Å². The van der Waals surface area contributed by atoms with Gasteiger partial charge in [-0.3, -0.25) is 14.5 Å². The molecule has 0 atom stereocenters. The van der Waals surface area contributed by atoms with E-state index in [4.69, 9.17) is 4.74 Å². The lowest BCUT2D eigenvalue weighted by Gasteiger charge is -2.30. The molecule has 7 heteroatoms. The van der Waals surface area contributed by atoms with Crippen LogP contribution in [0.1, 0.15) is 19.3 Å². The predicted molar refractivity (Wildman–Crippen MR) is 59.7 cm³/mol. The van der Waals surface area contributed by atoms with Gasteiger partial charge in [0.15, 0.2) is 0 Å². The minimum absolute atomic E-state index is 0.0161. The molecule has 7 nitrogen and oxygen atoms in total. The molecule has 100 valence electrons. The Labute approximate surface area is 104 Å². The van der Waals surface area contributed by atoms with Crippen LogP contribution in [0.15, 0.2) is 0 Å². The maximum atomic E-state index is 12.2. The normalized spacial score (nSPS) is 22.2. The topological polar surface area (TPSA) is 84.9 Å². The number of carbonyl (C=O) groups is 3. The van der Waals surface area contributed by atoms with E-state index in [1.807, 2.05) is 0 Å². The molecule has 2 fully saturated rings. The van der Waals surface area contributed by atoms with Crippen molar-refractivity contribution in [1.29, 1.82) is 0 Å². The maximum Gasteiger partial charge on any atom is 0.325 e. The summed E-state index contributed by atoms with van der Waals surface area (Å²) in [6, 6.07) is -0.439. The number of imide groups is 1. The van der Waals surface area contributed by atoms with Crippen molar-refractivity contribution in [3.63, 3.8) is 0 Å². The number of ether oxygens (including phenoxy) is 2. The molecular formula is C11H16N2O5. The number of carbonyl (C=O) groups excluding carboxylic acids is 3. The van der Waals surface area contributed by atoms with Gasteiger partial charge >= 0.3 is 12.0 Å². The zero-order valence-electron chi connectivity index (χ0n) is 10.2. The van der Waals surface area contributed by atoms with E-state index in [0.717, 1.165) is 4.90 Å². The van der Waals surface area contributed by atoms with Crippen LogP contribution in [-0.2, 0) is 19.1 Å². The average Bonchev–Trinajstić information content (AvgIpc) is 2.60. The Hall–Kier alpha value is -1.63. The zero-order chi connectivity index (χ0) is 13.2. The van der Waals surface area contributed by atoms with Gasteiger partial charge in [0.2, 0.25) is 0 Å². The molecule has 0 unspecified atom stereocenters. The van der Waals surface area contributed by atoms with Crippen LogP contribution in [-0.4, -0.2) is 55.2 Å². The summed E-state index contributed by atoms with van der Waals surface area (Å²) in [5.41, 5.74) is -0.828. The number of methoxy groups -OCH3 is 1. The summed E-state index contributed by atoms with van der Waals surface area (Å²) in [5.74, 6) is -0.705. The van der Waals surface area contributed by atoms with Gasteiger partial charge in [-0.15, -0.1) is 0 Å². The summed E-state index contributed by atoms with van der Waals surface area (Å²) in [6.07, 6.45) is 0.973. The first-order valence-corrected chi connectivity index (χ1v) is 5.88. The first-order chi connectivity index (χ1) is 8.59. The lowest BCUT2D eigenvalue weighted by atomic mass is 9.90. The highest BCUT2D eigenvalue weighted by Crippen LogP contribution is 2.28. The Balaban J connectivity index is 2.02. The molecule has 2 aliphatic heterocycles. The highest BCUT2D eigenvalue weighted by Gasteiger charge is 2.51. The van der Waals surface area contributed by atoms with E-state index in [0.29, 0.717) is 26.1 Å². The second-order valence-corrected chi connectivity index (χ2v) is 4.41. The molecule has 0 bridgehead atoms. The van der Waals surface area contributed by atoms with E-state index in [9.17, 15) is 14.4 Å². The van der Waals surface area contributed by atoms with E-state index in [1.165, 1.54) is 7.11 Å². The molecule has 3 amide bonds. The van der Waals surface area contributed by atoms with Crippen molar-refractivity contribution in [1.82, 2.24) is 10.2 Å². The summed E-state index contributed by atoms with van der Waals surface area (Å²) in [5, 5.41) is 2.72. The summed E-state index contributed by atoms with van der Waals surface area (Å²) in [6.45, 7) is 0.966. The second-order valence-electron chi connectivity index (χ2n) is 4.41. The minimum atomic E-state index is -0.828. The van der Waals surface area contributed by atoms with Gasteiger partial charge in [-0.05, 0) is 0 Å². The molecule has 2 aliphatic rings. The molecule has 0 aromatic rings. The monoisotopic (exact) mass is 256 g/mol. The van der Waals surface area contributed by atoms with Crippen LogP contribution < -0.4 is 5.32 Å². The molecule has 0 radical (unpaired) electrons. The Bertz CT molecular complexity index is 376. The first kappa shape index (κ1) is 12.8. The number of nitrogens with zero attached hydrogens (tertiary/aromatic N) is 1. The molecule has 18 heavy (non-hydrogen) atoms. The highest BCUT2D eigenvalue weighted by molar-refractivity contribution is 6.07. The maximum absolute atomic E-state index is 12.2. The van der Waals surface area contributed by atoms with E-state index >= 15 is 0 Å². The number of amides is 3. The van der Waals surface area contributed by atoms with Gasteiger partial charge in [-0.25, -0.2) is 4.79 Å². The molecular weight excluding hydrogens is 240 g/mol. The SMILES string of the molecule is COC(=O)CCN1C(=O)NC2(CCOCC2)C1=O. The lowest BCUT2D eigenvalue weighted by Crippen LogP contribution is -2.51. The van der Waals surface area contributed by atoms with Crippen LogP contribution in [0.25, 0.3) is 0 Å². The molecule has 0 aromatic carbocycles. The third-order valence-electron chi connectivity index (χ3n) is 3.36. The van der Waals surface area contributed by atoms with Gasteiger partial charge in [0.1, 0.15) is 5.54 Å². The van der Waals surface area contributed by atoms with Gasteiger partial charge in [-0.1, -0.05) is 0 Å². The zero-order valence-corrected chi connectivity index (χ0v) is 10.2. The molecule has 1 spiro atoms. The van der Waals surface area contributed by atoms with Crippen molar-refractivity contribution in [2.24, 2.45) is 0 Å². The Morgan fingerprint density at radius 2 is 2.11 bits per heavy atom. The minimum Gasteiger partial charge on any atom is -0.469 e. The predicted octanol–water partition coefficient (Wildman–Crippen LogP) is -0.349. The molecule has 0 aliphatic carbocycles. The van der Waals surface area contributed by atoms with Gasteiger partial charge in [0, 0.05) is 32.6 Å². The highest BCUT2D eigenvalue weighted by atomic mass is 16.5. The second kappa shape index (κ2) is 4.93. The van der Waals surface area contributed by atoms with Crippen LogP contribution in [0, 0.1) is 0 Å². The molecule has 0 saturated carbocycles. The fourth-order valence-corrected chi connectivity index (χ4v) is 2.24. The largest absolute Gasteiger partial charge is 0.469 e. The number of urea groups is 1. The molecule has 0 aromatic heterocycles. The van der Waals surface area contributed by atoms with Crippen LogP contribution in [0.4, 0.5) is 4.79 Å². The third-order valence-corrected chi connectivity index (χ3v) is 3.36. The van der Waals surface area contributed by atoms with Crippen molar-refractivity contribution in [2.75, 3.05) is 26.9 Å². The van der Waals surface area contributed by atoms with Gasteiger partial charge in [0.05, 0.1) is 13.5 Å². The van der Waals surface area contributed by atoms with Crippen molar-refractivity contribution in [3.05, 3.63) is 0 Å². The fourth-order valence-electron chi connectivity index (χ4n) is 2.24. The Morgan fingerprint density at radius 3 is 2.72 bits per heavy atom. The van der Waals surface area contributed by atoms with E-state index in [2.05, 4.69) is 10.1 Å². The number of esters is 1. The summed E-state index contributed by atoms with van der Waals surface area (Å²) in [7, 11) is 1.27. The van der Waals surface area contributed by atoms with E-state index in [1.54, 1.807) is 0 Å². The third kappa shape index (κ3) is 2.17. The lowest BCUT2D eigenvalue weighted by molar-refractivity contribution is -0.141. The van der Waals surface area contributed by atoms with Crippen molar-refractivity contribution < 1.29 is 23.9 Å². The summed E-state index contributed by atoms with van der Waals surface area (Å²) in [4.78, 5) is 36.1. The van der Waals surface area contributed by atoms with Crippen LogP contribution >= 0.6 is 0 Å². The van der Waals surface area contributed by atoms with E-state index in [-0.39, 0.29) is 18.9 Å². The number of hydrogen-bond donors (Lipinski definition) is 1. The summed E-state index contributed by atoms with van der Waals surface area (Å²) < 4.78 is 9.68. The van der Waals surface area contributed by atoms with Gasteiger partial charge in [-0.2, -0.15) is 0 Å². The van der Waals surface area contributed by atoms with Crippen LogP contribution in [0.3, 0.4) is 0 Å². The van der Waals surface area contributed by atoms with Gasteiger partial charge < -0.3 is 14.8 Å². The van der Waals surface area contributed by atoms with Gasteiger partial charge in [0.25, 0.3) is 5.91 Å². The van der Waals surface area contributed by atoms with Crippen molar-refractivity contribution in [3.8, 4) is 0 Å². The standard InChI is InChI=1S/C11H16N2O5/c1-17-8(14)2-5-13-9(15)11(12-10(13)16)3-6-18-7-4-11/h2-7H2,1H3,(H,12,16). The Morgan fingerprint density at radius 1 is 1.44 bits per heavy atom. The Kier molecular flexibility index (Phi) is 3.51. The molecule has 2 rings (SSSR count). The molecule has 2 heterocycles. The number of hydrogen-bond acceptors (Lipinski definition) is 5. The smallest absolute Gasteiger partial charge is 0.325 e. The molecule has 1 N–H and O–H groups in total. The number of nitrogens with one attached hydrogen (secondary N) is 1. The van der Waals surface area contributed by atoms with E-state index < -0.39 is 17.5 Å². The van der Waals surface area contributed by atoms with Crippen molar-refractivity contribution in [2.45, 2.75) is 24.8 Å². The average molecular weight is 256 g/mol. The summed E-state index contributed by atoms with van der Waals surface area (Å²) >= 11 is 0. The molecule has 2 saturated heterocycles. The number of rotatable bonds is 3.